The number of nitrogens with zero attached hydrogens (tertiary/aromatic N) is 1. The number of carbonyl (C=O) groups is 1. The summed E-state index contributed by atoms with van der Waals surface area (Å²) in [5, 5.41) is 2.74. The van der Waals surface area contributed by atoms with Crippen LogP contribution in [-0.2, 0) is 37.9 Å². The number of benzene rings is 3. The van der Waals surface area contributed by atoms with E-state index >= 15 is 0 Å². The highest BCUT2D eigenvalue weighted by molar-refractivity contribution is 7.89. The number of hydrogen-bond donors (Lipinski definition) is 2. The lowest BCUT2D eigenvalue weighted by molar-refractivity contribution is -0.123. The average molecular weight is 558 g/mol. The molecule has 1 aliphatic rings. The van der Waals surface area contributed by atoms with E-state index in [2.05, 4.69) is 10.0 Å². The summed E-state index contributed by atoms with van der Waals surface area (Å²) in [6.07, 6.45) is 1.75. The van der Waals surface area contributed by atoms with Gasteiger partial charge in [0.25, 0.3) is 5.91 Å². The second kappa shape index (κ2) is 12.1. The first-order chi connectivity index (χ1) is 18.1. The Kier molecular flexibility index (Phi) is 8.83. The molecule has 9 nitrogen and oxygen atoms in total. The van der Waals surface area contributed by atoms with Crippen LogP contribution in [0, 0.1) is 6.92 Å². The van der Waals surface area contributed by atoms with E-state index < -0.39 is 20.0 Å². The van der Waals surface area contributed by atoms with Crippen LogP contribution in [0.25, 0.3) is 0 Å². The van der Waals surface area contributed by atoms with Crippen molar-refractivity contribution in [2.24, 2.45) is 0 Å². The lowest BCUT2D eigenvalue weighted by Crippen LogP contribution is -2.29. The second-order valence-corrected chi connectivity index (χ2v) is 12.8. The number of nitrogens with one attached hydrogen (secondary N) is 2. The summed E-state index contributed by atoms with van der Waals surface area (Å²) in [4.78, 5) is 12.7. The first-order valence-corrected chi connectivity index (χ1v) is 15.2. The third kappa shape index (κ3) is 6.98. The van der Waals surface area contributed by atoms with Crippen LogP contribution in [0.5, 0.6) is 5.75 Å². The Morgan fingerprint density at radius 2 is 1.47 bits per heavy atom. The van der Waals surface area contributed by atoms with Crippen LogP contribution in [0.3, 0.4) is 0 Å². The zero-order chi connectivity index (χ0) is 27.2. The Morgan fingerprint density at radius 1 is 0.842 bits per heavy atom. The molecular weight excluding hydrogens is 526 g/mol. The predicted octanol–water partition coefficient (Wildman–Crippen LogP) is 2.95. The fraction of sp³-hybridized carbons (Fsp3) is 0.296. The number of aryl methyl sites for hydroxylation is 1. The van der Waals surface area contributed by atoms with Crippen molar-refractivity contribution in [1.29, 1.82) is 0 Å². The third-order valence-electron chi connectivity index (χ3n) is 6.24. The van der Waals surface area contributed by atoms with Gasteiger partial charge in [-0.15, -0.1) is 0 Å². The second-order valence-electron chi connectivity index (χ2n) is 9.06. The van der Waals surface area contributed by atoms with Gasteiger partial charge >= 0.3 is 0 Å². The van der Waals surface area contributed by atoms with E-state index in [4.69, 9.17) is 4.74 Å². The quantitative estimate of drug-likeness (QED) is 0.374. The molecule has 3 aromatic rings. The summed E-state index contributed by atoms with van der Waals surface area (Å²) < 4.78 is 60.2. The van der Waals surface area contributed by atoms with Crippen LogP contribution in [0.2, 0.25) is 0 Å². The molecule has 1 amide bonds. The molecule has 1 heterocycles. The molecule has 0 radical (unpaired) electrons. The van der Waals surface area contributed by atoms with Gasteiger partial charge in [-0.3, -0.25) is 4.79 Å². The van der Waals surface area contributed by atoms with Gasteiger partial charge in [0, 0.05) is 26.2 Å². The van der Waals surface area contributed by atoms with E-state index in [9.17, 15) is 21.6 Å². The van der Waals surface area contributed by atoms with Gasteiger partial charge in [0.15, 0.2) is 6.61 Å². The highest BCUT2D eigenvalue weighted by atomic mass is 32.2. The topological polar surface area (TPSA) is 122 Å². The lowest BCUT2D eigenvalue weighted by atomic mass is 10.2. The molecule has 0 unspecified atom stereocenters. The smallest absolute Gasteiger partial charge is 0.258 e. The molecule has 1 aliphatic heterocycles. The number of amides is 1. The summed E-state index contributed by atoms with van der Waals surface area (Å²) in [6, 6.07) is 20.2. The van der Waals surface area contributed by atoms with Crippen molar-refractivity contribution in [2.75, 3.05) is 19.7 Å². The molecule has 1 saturated heterocycles. The molecule has 202 valence electrons. The minimum absolute atomic E-state index is 0.109. The van der Waals surface area contributed by atoms with Crippen LogP contribution in [0.1, 0.15) is 29.5 Å². The van der Waals surface area contributed by atoms with Crippen LogP contribution in [-0.4, -0.2) is 46.7 Å². The zero-order valence-corrected chi connectivity index (χ0v) is 22.7. The largest absolute Gasteiger partial charge is 0.484 e. The molecule has 0 aromatic heterocycles. The molecule has 0 atom stereocenters. The fourth-order valence-electron chi connectivity index (χ4n) is 4.06. The monoisotopic (exact) mass is 557 g/mol. The van der Waals surface area contributed by atoms with Crippen molar-refractivity contribution in [3.63, 3.8) is 0 Å². The number of hydrogen-bond acceptors (Lipinski definition) is 6. The zero-order valence-electron chi connectivity index (χ0n) is 21.1. The van der Waals surface area contributed by atoms with Gasteiger partial charge in [0.2, 0.25) is 20.0 Å². The maximum atomic E-state index is 12.6. The number of sulfonamides is 2. The van der Waals surface area contributed by atoms with Gasteiger partial charge in [-0.1, -0.05) is 42.5 Å². The summed E-state index contributed by atoms with van der Waals surface area (Å²) in [5.74, 6) is 0.0398. The Hall–Kier alpha value is -3.25. The molecule has 0 saturated carbocycles. The summed E-state index contributed by atoms with van der Waals surface area (Å²) in [7, 11) is -7.19. The highest BCUT2D eigenvalue weighted by Gasteiger charge is 2.26. The molecule has 0 bridgehead atoms. The molecule has 38 heavy (non-hydrogen) atoms. The van der Waals surface area contributed by atoms with Crippen molar-refractivity contribution in [1.82, 2.24) is 14.3 Å². The van der Waals surface area contributed by atoms with Crippen molar-refractivity contribution >= 4 is 26.0 Å². The molecule has 3 aromatic carbocycles. The van der Waals surface area contributed by atoms with Crippen molar-refractivity contribution in [3.05, 3.63) is 89.5 Å². The SMILES string of the molecule is Cc1cc(S(=O)(=O)NCc2ccccc2)ccc1OCC(=O)NCc1ccc(S(=O)(=O)N2CCCC2)cc1. The number of rotatable bonds is 11. The third-order valence-corrected chi connectivity index (χ3v) is 9.55. The molecule has 2 N–H and O–H groups in total. The maximum absolute atomic E-state index is 12.6. The molecule has 0 aliphatic carbocycles. The lowest BCUT2D eigenvalue weighted by Gasteiger charge is -2.15. The minimum Gasteiger partial charge on any atom is -0.484 e. The van der Waals surface area contributed by atoms with Gasteiger partial charge in [-0.2, -0.15) is 4.31 Å². The van der Waals surface area contributed by atoms with E-state index in [1.165, 1.54) is 22.5 Å². The maximum Gasteiger partial charge on any atom is 0.258 e. The summed E-state index contributed by atoms with van der Waals surface area (Å²) in [5.41, 5.74) is 2.18. The van der Waals surface area contributed by atoms with Gasteiger partial charge in [-0.05, 0) is 66.8 Å². The highest BCUT2D eigenvalue weighted by Crippen LogP contribution is 2.23. The number of carbonyl (C=O) groups excluding carboxylic acids is 1. The molecule has 0 spiro atoms. The average Bonchev–Trinajstić information content (AvgIpc) is 3.47. The summed E-state index contributed by atoms with van der Waals surface area (Å²) in [6.45, 7) is 2.95. The summed E-state index contributed by atoms with van der Waals surface area (Å²) >= 11 is 0. The molecule has 11 heteroatoms. The first kappa shape index (κ1) is 27.8. The van der Waals surface area contributed by atoms with Crippen molar-refractivity contribution in [3.8, 4) is 5.75 Å². The Labute approximate surface area is 223 Å². The Balaban J connectivity index is 1.27. The fourth-order valence-corrected chi connectivity index (χ4v) is 6.68. The van der Waals surface area contributed by atoms with Gasteiger partial charge in [-0.25, -0.2) is 21.6 Å². The van der Waals surface area contributed by atoms with Gasteiger partial charge < -0.3 is 10.1 Å². The first-order valence-electron chi connectivity index (χ1n) is 12.3. The van der Waals surface area contributed by atoms with E-state index in [-0.39, 0.29) is 35.4 Å². The van der Waals surface area contributed by atoms with E-state index in [0.29, 0.717) is 24.4 Å². The minimum atomic E-state index is -3.71. The molecule has 4 rings (SSSR count). The van der Waals surface area contributed by atoms with E-state index in [1.54, 1.807) is 31.2 Å². The van der Waals surface area contributed by atoms with E-state index in [0.717, 1.165) is 24.0 Å². The van der Waals surface area contributed by atoms with Gasteiger partial charge in [0.05, 0.1) is 9.79 Å². The Morgan fingerprint density at radius 3 is 2.13 bits per heavy atom. The van der Waals surface area contributed by atoms with Crippen LogP contribution in [0.4, 0.5) is 0 Å². The predicted molar refractivity (Wildman–Crippen MR) is 143 cm³/mol. The Bertz CT molecular complexity index is 1470. The van der Waals surface area contributed by atoms with Crippen LogP contribution >= 0.6 is 0 Å². The normalized spacial score (nSPS) is 14.3. The van der Waals surface area contributed by atoms with Crippen molar-refractivity contribution < 1.29 is 26.4 Å². The number of ether oxygens (including phenoxy) is 1. The van der Waals surface area contributed by atoms with Gasteiger partial charge in [0.1, 0.15) is 5.75 Å². The van der Waals surface area contributed by atoms with Crippen molar-refractivity contribution in [2.45, 2.75) is 42.6 Å². The molecular formula is C27H31N3O6S2. The van der Waals surface area contributed by atoms with Crippen LogP contribution < -0.4 is 14.8 Å². The van der Waals surface area contributed by atoms with Crippen LogP contribution in [0.15, 0.2) is 82.6 Å². The molecule has 1 fully saturated rings. The van der Waals surface area contributed by atoms with E-state index in [1.807, 2.05) is 30.3 Å². The standard InChI is InChI=1S/C27H31N3O6S2/c1-21-17-25(37(32,33)29-19-22-7-3-2-4-8-22)13-14-26(21)36-20-27(31)28-18-23-9-11-24(12-10-23)38(34,35)30-15-5-6-16-30/h2-4,7-14,17,29H,5-6,15-16,18-20H2,1H3,(H,28,31).